The number of alkyl halides is 1. The minimum atomic E-state index is -3.77. The third-order valence-electron chi connectivity index (χ3n) is 2.30. The average Bonchev–Trinajstić information content (AvgIpc) is 2.29. The van der Waals surface area contributed by atoms with Crippen molar-refractivity contribution < 1.29 is 12.8 Å². The minimum absolute atomic E-state index is 0.0319. The van der Waals surface area contributed by atoms with Crippen molar-refractivity contribution in [1.29, 1.82) is 0 Å². The van der Waals surface area contributed by atoms with E-state index in [1.165, 1.54) is 12.1 Å². The van der Waals surface area contributed by atoms with Crippen molar-refractivity contribution in [3.8, 4) is 0 Å². The van der Waals surface area contributed by atoms with Gasteiger partial charge in [0.1, 0.15) is 0 Å². The Morgan fingerprint density at radius 1 is 1.19 bits per heavy atom. The van der Waals surface area contributed by atoms with Crippen LogP contribution in [0.3, 0.4) is 0 Å². The largest absolute Gasteiger partial charge is 0.233 e. The predicted octanol–water partition coefficient (Wildman–Crippen LogP) is 3.15. The van der Waals surface area contributed by atoms with E-state index < -0.39 is 15.8 Å². The molecule has 16 heavy (non-hydrogen) atoms. The van der Waals surface area contributed by atoms with Gasteiger partial charge in [-0.15, -0.1) is 0 Å². The zero-order valence-electron chi connectivity index (χ0n) is 8.15. The Labute approximate surface area is 107 Å². The highest BCUT2D eigenvalue weighted by atomic mass is 127. The number of halogens is 2. The van der Waals surface area contributed by atoms with Crippen LogP contribution in [0.15, 0.2) is 41.3 Å². The summed E-state index contributed by atoms with van der Waals surface area (Å²) >= 11 is 2.18. The lowest BCUT2D eigenvalue weighted by atomic mass is 10.1. The lowest BCUT2D eigenvalue weighted by molar-refractivity contribution is 0.534. The second kappa shape index (κ2) is 4.29. The molecule has 0 fully saturated rings. The van der Waals surface area contributed by atoms with Crippen LogP contribution in [-0.2, 0) is 9.84 Å². The number of sulfone groups is 1. The molecule has 0 spiro atoms. The zero-order chi connectivity index (χ0) is 11.8. The Bertz CT molecular complexity index is 637. The Morgan fingerprint density at radius 2 is 1.94 bits per heavy atom. The molecule has 5 heteroatoms. The average molecular weight is 350 g/mol. The van der Waals surface area contributed by atoms with Gasteiger partial charge in [0, 0.05) is 3.57 Å². The van der Waals surface area contributed by atoms with Crippen molar-refractivity contribution in [1.82, 2.24) is 0 Å². The van der Waals surface area contributed by atoms with E-state index in [0.29, 0.717) is 0 Å². The van der Waals surface area contributed by atoms with Gasteiger partial charge >= 0.3 is 0 Å². The van der Waals surface area contributed by atoms with Crippen LogP contribution in [0.4, 0.5) is 4.39 Å². The molecule has 0 aromatic heterocycles. The van der Waals surface area contributed by atoms with Gasteiger partial charge in [0.05, 0.1) is 4.90 Å². The topological polar surface area (TPSA) is 34.1 Å². The standard InChI is InChI=1S/C11H8FIO2S/c12-7-16(14,15)9-4-5-10-8(6-9)2-1-3-11(10)13/h1-6H,7H2. The first-order chi connectivity index (χ1) is 7.54. The van der Waals surface area contributed by atoms with Gasteiger partial charge in [-0.3, -0.25) is 0 Å². The quantitative estimate of drug-likeness (QED) is 0.780. The molecule has 0 saturated carbocycles. The first kappa shape index (κ1) is 11.8. The van der Waals surface area contributed by atoms with Crippen LogP contribution in [-0.4, -0.2) is 14.4 Å². The molecule has 0 radical (unpaired) electrons. The molecule has 0 heterocycles. The van der Waals surface area contributed by atoms with Crippen molar-refractivity contribution in [3.63, 3.8) is 0 Å². The number of hydrogen-bond acceptors (Lipinski definition) is 2. The molecule has 2 aromatic carbocycles. The second-order valence-electron chi connectivity index (χ2n) is 3.35. The maximum atomic E-state index is 12.3. The predicted molar refractivity (Wildman–Crippen MR) is 69.8 cm³/mol. The molecule has 0 atom stereocenters. The normalized spacial score (nSPS) is 11.9. The molecular weight excluding hydrogens is 342 g/mol. The van der Waals surface area contributed by atoms with E-state index in [0.717, 1.165) is 14.3 Å². The molecule has 2 rings (SSSR count). The summed E-state index contributed by atoms with van der Waals surface area (Å²) < 4.78 is 36.1. The van der Waals surface area contributed by atoms with Crippen LogP contribution >= 0.6 is 22.6 Å². The molecule has 0 unspecified atom stereocenters. The Balaban J connectivity index is 2.71. The summed E-state index contributed by atoms with van der Waals surface area (Å²) in [5.74, 6) is 0. The van der Waals surface area contributed by atoms with Gasteiger partial charge in [-0.1, -0.05) is 18.2 Å². The van der Waals surface area contributed by atoms with Crippen molar-refractivity contribution in [2.75, 3.05) is 6.01 Å². The molecule has 0 N–H and O–H groups in total. The van der Waals surface area contributed by atoms with Crippen LogP contribution in [0.5, 0.6) is 0 Å². The summed E-state index contributed by atoms with van der Waals surface area (Å²) in [6, 6.07) is 8.89. The van der Waals surface area contributed by atoms with Gasteiger partial charge in [0.15, 0.2) is 6.01 Å². The third kappa shape index (κ3) is 2.06. The lowest BCUT2D eigenvalue weighted by Crippen LogP contribution is -2.02. The maximum absolute atomic E-state index is 12.3. The van der Waals surface area contributed by atoms with Crippen LogP contribution in [0.2, 0.25) is 0 Å². The first-order valence-corrected chi connectivity index (χ1v) is 7.25. The van der Waals surface area contributed by atoms with E-state index in [-0.39, 0.29) is 4.90 Å². The van der Waals surface area contributed by atoms with E-state index in [2.05, 4.69) is 22.6 Å². The fraction of sp³-hybridized carbons (Fsp3) is 0.0909. The van der Waals surface area contributed by atoms with Crippen LogP contribution in [0, 0.1) is 3.57 Å². The summed E-state index contributed by atoms with van der Waals surface area (Å²) in [6.45, 7) is 0. The fourth-order valence-corrected chi connectivity index (χ4v) is 2.89. The summed E-state index contributed by atoms with van der Waals surface area (Å²) in [6.07, 6.45) is 0. The molecule has 2 aromatic rings. The van der Waals surface area contributed by atoms with Gasteiger partial charge in [-0.2, -0.15) is 0 Å². The van der Waals surface area contributed by atoms with Crippen molar-refractivity contribution in [3.05, 3.63) is 40.0 Å². The van der Waals surface area contributed by atoms with Gasteiger partial charge in [-0.05, 0) is 51.6 Å². The Kier molecular flexibility index (Phi) is 3.16. The van der Waals surface area contributed by atoms with Crippen LogP contribution in [0.25, 0.3) is 10.8 Å². The third-order valence-corrected chi connectivity index (χ3v) is 4.50. The van der Waals surface area contributed by atoms with Gasteiger partial charge < -0.3 is 0 Å². The highest BCUT2D eigenvalue weighted by molar-refractivity contribution is 14.1. The highest BCUT2D eigenvalue weighted by Crippen LogP contribution is 2.24. The SMILES string of the molecule is O=S(=O)(CF)c1ccc2c(I)cccc2c1. The number of benzene rings is 2. The second-order valence-corrected chi connectivity index (χ2v) is 6.43. The molecule has 0 aliphatic rings. The van der Waals surface area contributed by atoms with Crippen LogP contribution in [0.1, 0.15) is 0 Å². The van der Waals surface area contributed by atoms with E-state index in [1.807, 2.05) is 18.2 Å². The molecule has 0 saturated heterocycles. The fourth-order valence-electron chi connectivity index (χ4n) is 1.48. The lowest BCUT2D eigenvalue weighted by Gasteiger charge is -2.04. The molecule has 0 bridgehead atoms. The highest BCUT2D eigenvalue weighted by Gasteiger charge is 2.14. The summed E-state index contributed by atoms with van der Waals surface area (Å²) in [4.78, 5) is 0.0319. The van der Waals surface area contributed by atoms with Crippen molar-refractivity contribution >= 4 is 43.2 Å². The Morgan fingerprint density at radius 3 is 2.62 bits per heavy atom. The van der Waals surface area contributed by atoms with E-state index in [9.17, 15) is 12.8 Å². The molecule has 84 valence electrons. The summed E-state index contributed by atoms with van der Waals surface area (Å²) in [5, 5.41) is 1.78. The Hall–Kier alpha value is -0.690. The van der Waals surface area contributed by atoms with E-state index in [1.54, 1.807) is 6.07 Å². The summed E-state index contributed by atoms with van der Waals surface area (Å²) in [5.41, 5.74) is 0. The van der Waals surface area contributed by atoms with Gasteiger partial charge in [0.25, 0.3) is 0 Å². The molecular formula is C11H8FIO2S. The number of hydrogen-bond donors (Lipinski definition) is 0. The van der Waals surface area contributed by atoms with Gasteiger partial charge in [0.2, 0.25) is 9.84 Å². The zero-order valence-corrected chi connectivity index (χ0v) is 11.1. The number of fused-ring (bicyclic) bond motifs is 1. The first-order valence-electron chi connectivity index (χ1n) is 4.51. The monoisotopic (exact) mass is 350 g/mol. The maximum Gasteiger partial charge on any atom is 0.207 e. The van der Waals surface area contributed by atoms with Crippen molar-refractivity contribution in [2.24, 2.45) is 0 Å². The van der Waals surface area contributed by atoms with Crippen molar-refractivity contribution in [2.45, 2.75) is 4.90 Å². The molecule has 0 amide bonds. The number of rotatable bonds is 2. The minimum Gasteiger partial charge on any atom is -0.233 e. The molecule has 0 aliphatic heterocycles. The van der Waals surface area contributed by atoms with Gasteiger partial charge in [-0.25, -0.2) is 12.8 Å². The summed E-state index contributed by atoms with van der Waals surface area (Å²) in [7, 11) is -3.77. The molecule has 0 aliphatic carbocycles. The van der Waals surface area contributed by atoms with Crippen LogP contribution < -0.4 is 0 Å². The smallest absolute Gasteiger partial charge is 0.207 e. The van der Waals surface area contributed by atoms with E-state index in [4.69, 9.17) is 0 Å². The van der Waals surface area contributed by atoms with E-state index >= 15 is 0 Å². The molecule has 2 nitrogen and oxygen atoms in total.